The summed E-state index contributed by atoms with van der Waals surface area (Å²) in [5, 5.41) is 4.14. The summed E-state index contributed by atoms with van der Waals surface area (Å²) in [7, 11) is 2.87. The molecular formula is C20H17N3O5S. The molecule has 0 N–H and O–H groups in total. The van der Waals surface area contributed by atoms with Crippen LogP contribution in [0.2, 0.25) is 0 Å². The summed E-state index contributed by atoms with van der Waals surface area (Å²) in [6.07, 6.45) is -0.913. The molecule has 0 bridgehead atoms. The molecule has 0 saturated heterocycles. The Morgan fingerprint density at radius 3 is 2.62 bits per heavy atom. The van der Waals surface area contributed by atoms with Gasteiger partial charge in [-0.3, -0.25) is 9.69 Å². The number of amides is 1. The van der Waals surface area contributed by atoms with Gasteiger partial charge in [-0.2, -0.15) is 0 Å². The second-order valence-electron chi connectivity index (χ2n) is 6.19. The van der Waals surface area contributed by atoms with E-state index < -0.39 is 12.1 Å². The average molecular weight is 411 g/mol. The van der Waals surface area contributed by atoms with Crippen molar-refractivity contribution in [1.29, 1.82) is 0 Å². The van der Waals surface area contributed by atoms with Crippen molar-refractivity contribution in [2.45, 2.75) is 6.10 Å². The molecule has 8 nitrogen and oxygen atoms in total. The molecule has 1 aromatic heterocycles. The van der Waals surface area contributed by atoms with E-state index in [1.807, 2.05) is 12.1 Å². The van der Waals surface area contributed by atoms with Crippen LogP contribution in [-0.4, -0.2) is 48.3 Å². The average Bonchev–Trinajstić information content (AvgIpc) is 3.27. The summed E-state index contributed by atoms with van der Waals surface area (Å²) >= 11 is 1.01. The van der Waals surface area contributed by atoms with Gasteiger partial charge >= 0.3 is 5.97 Å². The van der Waals surface area contributed by atoms with Crippen LogP contribution in [0.1, 0.15) is 9.67 Å². The van der Waals surface area contributed by atoms with E-state index in [-0.39, 0.29) is 12.5 Å². The predicted octanol–water partition coefficient (Wildman–Crippen LogP) is 2.79. The maximum atomic E-state index is 13.4. The summed E-state index contributed by atoms with van der Waals surface area (Å²) in [6, 6.07) is 14.3. The van der Waals surface area contributed by atoms with Gasteiger partial charge in [0.05, 0.1) is 26.5 Å². The van der Waals surface area contributed by atoms with Crippen LogP contribution in [0.25, 0.3) is 11.3 Å². The molecule has 29 heavy (non-hydrogen) atoms. The number of ether oxygens (including phenoxy) is 3. The SMILES string of the molecule is COC(=O)[C@H]1CN(C(=O)c2snnc2-c2ccc(OC)cc2)c2ccccc2O1. The molecule has 2 aromatic carbocycles. The third kappa shape index (κ3) is 3.52. The smallest absolute Gasteiger partial charge is 0.348 e. The lowest BCUT2D eigenvalue weighted by Gasteiger charge is -2.33. The number of methoxy groups -OCH3 is 2. The number of fused-ring (bicyclic) bond motifs is 1. The van der Waals surface area contributed by atoms with Gasteiger partial charge < -0.3 is 14.2 Å². The number of hydrogen-bond donors (Lipinski definition) is 0. The van der Waals surface area contributed by atoms with Crippen LogP contribution >= 0.6 is 11.5 Å². The van der Waals surface area contributed by atoms with Crippen molar-refractivity contribution >= 4 is 29.1 Å². The summed E-state index contributed by atoms with van der Waals surface area (Å²) in [6.45, 7) is 0.0302. The molecule has 148 valence electrons. The lowest BCUT2D eigenvalue weighted by atomic mass is 10.1. The predicted molar refractivity (Wildman–Crippen MR) is 106 cm³/mol. The van der Waals surface area contributed by atoms with Crippen molar-refractivity contribution in [2.75, 3.05) is 25.7 Å². The number of rotatable bonds is 4. The van der Waals surface area contributed by atoms with Crippen LogP contribution < -0.4 is 14.4 Å². The minimum atomic E-state index is -0.913. The Balaban J connectivity index is 1.71. The number of benzene rings is 2. The standard InChI is InChI=1S/C20H17N3O5S/c1-26-13-9-7-12(8-10-13)17-18(29-22-21-17)19(24)23-11-16(20(25)27-2)28-15-6-4-3-5-14(15)23/h3-10,16H,11H2,1-2H3/t16-/m1/s1. The third-order valence-corrected chi connectivity index (χ3v) is 5.24. The highest BCUT2D eigenvalue weighted by Crippen LogP contribution is 2.36. The van der Waals surface area contributed by atoms with Gasteiger partial charge in [0.2, 0.25) is 6.10 Å². The molecule has 3 aromatic rings. The summed E-state index contributed by atoms with van der Waals surface area (Å²) < 4.78 is 19.7. The van der Waals surface area contributed by atoms with E-state index in [4.69, 9.17) is 14.2 Å². The number of anilines is 1. The highest BCUT2D eigenvalue weighted by molar-refractivity contribution is 7.08. The fourth-order valence-corrected chi connectivity index (χ4v) is 3.71. The second-order valence-corrected chi connectivity index (χ2v) is 6.95. The number of esters is 1. The van der Waals surface area contributed by atoms with Gasteiger partial charge in [-0.25, -0.2) is 4.79 Å². The molecule has 0 saturated carbocycles. The largest absolute Gasteiger partial charge is 0.497 e. The molecule has 1 aliphatic rings. The normalized spacial score (nSPS) is 15.2. The summed E-state index contributed by atoms with van der Waals surface area (Å²) in [5.41, 5.74) is 1.79. The van der Waals surface area contributed by atoms with Gasteiger partial charge in [-0.1, -0.05) is 16.6 Å². The van der Waals surface area contributed by atoms with Gasteiger partial charge in [-0.05, 0) is 47.9 Å². The van der Waals surface area contributed by atoms with E-state index in [2.05, 4.69) is 9.59 Å². The van der Waals surface area contributed by atoms with Gasteiger partial charge in [0.1, 0.15) is 22.1 Å². The first-order chi connectivity index (χ1) is 14.1. The summed E-state index contributed by atoms with van der Waals surface area (Å²) in [5.74, 6) is 0.282. The number of carbonyl (C=O) groups excluding carboxylic acids is 2. The van der Waals surface area contributed by atoms with E-state index in [9.17, 15) is 9.59 Å². The second kappa shape index (κ2) is 7.88. The fourth-order valence-electron chi connectivity index (χ4n) is 3.07. The fraction of sp³-hybridized carbons (Fsp3) is 0.200. The molecule has 0 unspecified atom stereocenters. The van der Waals surface area contributed by atoms with Crippen molar-refractivity contribution in [3.63, 3.8) is 0 Å². The van der Waals surface area contributed by atoms with Crippen molar-refractivity contribution in [3.05, 3.63) is 53.4 Å². The van der Waals surface area contributed by atoms with E-state index in [1.54, 1.807) is 43.5 Å². The molecule has 9 heteroatoms. The van der Waals surface area contributed by atoms with Crippen LogP contribution in [0, 0.1) is 0 Å². The Bertz CT molecular complexity index is 1050. The molecule has 1 amide bonds. The zero-order valence-electron chi connectivity index (χ0n) is 15.7. The Kier molecular flexibility index (Phi) is 5.13. The van der Waals surface area contributed by atoms with Crippen LogP contribution in [0.4, 0.5) is 5.69 Å². The van der Waals surface area contributed by atoms with Crippen LogP contribution in [0.15, 0.2) is 48.5 Å². The zero-order valence-corrected chi connectivity index (χ0v) is 16.5. The van der Waals surface area contributed by atoms with Crippen molar-refractivity contribution < 1.29 is 23.8 Å². The number of nitrogens with zero attached hydrogens (tertiary/aromatic N) is 3. The van der Waals surface area contributed by atoms with E-state index in [1.165, 1.54) is 12.0 Å². The maximum Gasteiger partial charge on any atom is 0.348 e. The number of aromatic nitrogens is 2. The molecule has 0 radical (unpaired) electrons. The lowest BCUT2D eigenvalue weighted by molar-refractivity contribution is -0.148. The molecule has 0 spiro atoms. The Hall–Kier alpha value is -3.46. The van der Waals surface area contributed by atoms with E-state index >= 15 is 0 Å². The van der Waals surface area contributed by atoms with Crippen molar-refractivity contribution in [3.8, 4) is 22.8 Å². The van der Waals surface area contributed by atoms with Crippen molar-refractivity contribution in [1.82, 2.24) is 9.59 Å². The molecule has 2 heterocycles. The lowest BCUT2D eigenvalue weighted by Crippen LogP contribution is -2.47. The first kappa shape index (κ1) is 18.9. The highest BCUT2D eigenvalue weighted by Gasteiger charge is 2.36. The van der Waals surface area contributed by atoms with E-state index in [0.717, 1.165) is 17.1 Å². The zero-order chi connectivity index (χ0) is 20.4. The topological polar surface area (TPSA) is 90.9 Å². The Labute approximate surface area is 170 Å². The molecule has 1 atom stereocenters. The number of carbonyl (C=O) groups is 2. The first-order valence-electron chi connectivity index (χ1n) is 8.74. The Morgan fingerprint density at radius 1 is 1.14 bits per heavy atom. The van der Waals surface area contributed by atoms with Crippen LogP contribution in [0.5, 0.6) is 11.5 Å². The monoisotopic (exact) mass is 411 g/mol. The third-order valence-electron chi connectivity index (χ3n) is 4.53. The maximum absolute atomic E-state index is 13.4. The number of para-hydroxylation sites is 2. The van der Waals surface area contributed by atoms with Crippen molar-refractivity contribution in [2.24, 2.45) is 0 Å². The molecular weight excluding hydrogens is 394 g/mol. The van der Waals surface area contributed by atoms with Gasteiger partial charge in [-0.15, -0.1) is 5.10 Å². The molecule has 4 rings (SSSR count). The van der Waals surface area contributed by atoms with Crippen LogP contribution in [-0.2, 0) is 9.53 Å². The molecule has 0 aliphatic carbocycles. The van der Waals surface area contributed by atoms with Gasteiger partial charge in [0, 0.05) is 5.56 Å². The molecule has 1 aliphatic heterocycles. The molecule has 0 fully saturated rings. The quantitative estimate of drug-likeness (QED) is 0.610. The van der Waals surface area contributed by atoms with Gasteiger partial charge in [0.25, 0.3) is 5.91 Å². The van der Waals surface area contributed by atoms with E-state index in [0.29, 0.717) is 27.8 Å². The Morgan fingerprint density at radius 2 is 1.90 bits per heavy atom. The minimum Gasteiger partial charge on any atom is -0.497 e. The summed E-state index contributed by atoms with van der Waals surface area (Å²) in [4.78, 5) is 27.4. The first-order valence-corrected chi connectivity index (χ1v) is 9.52. The number of hydrogen-bond acceptors (Lipinski definition) is 8. The van der Waals surface area contributed by atoms with Gasteiger partial charge in [0.15, 0.2) is 0 Å². The van der Waals surface area contributed by atoms with Crippen LogP contribution in [0.3, 0.4) is 0 Å². The minimum absolute atomic E-state index is 0.0302. The highest BCUT2D eigenvalue weighted by atomic mass is 32.1.